The van der Waals surface area contributed by atoms with Gasteiger partial charge in [-0.25, -0.2) is 4.79 Å². The molecule has 2 fully saturated rings. The van der Waals surface area contributed by atoms with Crippen molar-refractivity contribution in [2.75, 3.05) is 118 Å². The normalized spacial score (nSPS) is 18.4. The van der Waals surface area contributed by atoms with Gasteiger partial charge in [0.05, 0.1) is 111 Å². The van der Waals surface area contributed by atoms with Gasteiger partial charge in [-0.3, -0.25) is 9.59 Å². The van der Waals surface area contributed by atoms with E-state index in [0.29, 0.717) is 117 Å². The molecule has 3 amide bonds. The van der Waals surface area contributed by atoms with Crippen LogP contribution in [0.3, 0.4) is 0 Å². The molecular formula is C29H52N6O11S. The van der Waals surface area contributed by atoms with Gasteiger partial charge in [0.25, 0.3) is 0 Å². The molecule has 0 aromatic heterocycles. The molecule has 2 aliphatic heterocycles. The molecule has 17 nitrogen and oxygen atoms in total. The second-order valence-electron chi connectivity index (χ2n) is 10.6. The predicted octanol–water partition coefficient (Wildman–Crippen LogP) is 1.44. The van der Waals surface area contributed by atoms with Crippen molar-refractivity contribution >= 4 is 29.7 Å². The Kier molecular flexibility index (Phi) is 23.9. The first-order valence-electron chi connectivity index (χ1n) is 16.2. The first-order valence-corrected chi connectivity index (χ1v) is 17.3. The van der Waals surface area contributed by atoms with E-state index >= 15 is 0 Å². The van der Waals surface area contributed by atoms with Crippen molar-refractivity contribution in [2.45, 2.75) is 49.4 Å². The number of azide groups is 1. The Morgan fingerprint density at radius 1 is 0.787 bits per heavy atom. The second-order valence-corrected chi connectivity index (χ2v) is 11.9. The number of nitrogens with one attached hydrogen (secondary N) is 2. The number of hydrogen-bond acceptors (Lipinski definition) is 12. The Labute approximate surface area is 280 Å². The van der Waals surface area contributed by atoms with Crippen molar-refractivity contribution in [3.63, 3.8) is 0 Å². The number of fused-ring (bicyclic) bond motifs is 1. The molecule has 2 aliphatic rings. The Morgan fingerprint density at radius 2 is 1.32 bits per heavy atom. The van der Waals surface area contributed by atoms with Gasteiger partial charge in [0.2, 0.25) is 5.91 Å². The number of aliphatic carboxylic acids is 1. The molecule has 0 aromatic carbocycles. The van der Waals surface area contributed by atoms with Crippen LogP contribution in [-0.4, -0.2) is 163 Å². The third-order valence-electron chi connectivity index (χ3n) is 7.15. The highest BCUT2D eigenvalue weighted by Gasteiger charge is 2.42. The molecule has 2 rings (SSSR count). The smallest absolute Gasteiger partial charge is 0.315 e. The van der Waals surface area contributed by atoms with Crippen LogP contribution < -0.4 is 10.6 Å². The minimum absolute atomic E-state index is 0.0269. The lowest BCUT2D eigenvalue weighted by atomic mass is 10.0. The van der Waals surface area contributed by atoms with Crippen LogP contribution in [0.4, 0.5) is 4.79 Å². The summed E-state index contributed by atoms with van der Waals surface area (Å²) in [5.74, 6) is 0.0833. The van der Waals surface area contributed by atoms with E-state index in [0.717, 1.165) is 25.0 Å². The van der Waals surface area contributed by atoms with Crippen molar-refractivity contribution in [3.05, 3.63) is 10.4 Å². The topological polar surface area (TPSA) is 212 Å². The summed E-state index contributed by atoms with van der Waals surface area (Å²) >= 11 is 1.88. The fourth-order valence-electron chi connectivity index (χ4n) is 4.75. The number of carbonyl (C=O) groups excluding carboxylic acids is 2. The van der Waals surface area contributed by atoms with Gasteiger partial charge in [0, 0.05) is 42.0 Å². The van der Waals surface area contributed by atoms with Crippen molar-refractivity contribution in [1.82, 2.24) is 15.5 Å². The Hall–Kier alpha value is -2.41. The third kappa shape index (κ3) is 20.5. The maximum atomic E-state index is 13.1. The number of nitrogens with zero attached hydrogens (tertiary/aromatic N) is 4. The summed E-state index contributed by atoms with van der Waals surface area (Å²) in [5, 5.41) is 18.3. The maximum absolute atomic E-state index is 13.1. The second kappa shape index (κ2) is 27.5. The van der Waals surface area contributed by atoms with E-state index in [1.165, 1.54) is 0 Å². The minimum Gasteiger partial charge on any atom is -0.481 e. The monoisotopic (exact) mass is 692 g/mol. The molecule has 0 aliphatic carbocycles. The number of hydrogen-bond donors (Lipinski definition) is 3. The number of thioether (sulfide) groups is 1. The predicted molar refractivity (Wildman–Crippen MR) is 173 cm³/mol. The van der Waals surface area contributed by atoms with Crippen molar-refractivity contribution in [2.24, 2.45) is 5.11 Å². The number of urea groups is 1. The molecule has 0 aromatic rings. The quantitative estimate of drug-likeness (QED) is 0.0301. The molecule has 0 radical (unpaired) electrons. The average molecular weight is 693 g/mol. The van der Waals surface area contributed by atoms with Crippen LogP contribution in [0, 0.1) is 0 Å². The van der Waals surface area contributed by atoms with Crippen LogP contribution in [0.2, 0.25) is 0 Å². The van der Waals surface area contributed by atoms with E-state index in [2.05, 4.69) is 20.7 Å². The molecule has 2 heterocycles. The Bertz CT molecular complexity index is 918. The number of rotatable bonds is 32. The zero-order chi connectivity index (χ0) is 33.8. The lowest BCUT2D eigenvalue weighted by Crippen LogP contribution is -2.37. The van der Waals surface area contributed by atoms with E-state index in [4.69, 9.17) is 43.8 Å². The molecule has 18 heteroatoms. The summed E-state index contributed by atoms with van der Waals surface area (Å²) < 4.78 is 38.1. The molecular weight excluding hydrogens is 640 g/mol. The van der Waals surface area contributed by atoms with E-state index in [9.17, 15) is 14.4 Å². The lowest BCUT2D eigenvalue weighted by molar-refractivity contribution is -0.138. The van der Waals surface area contributed by atoms with Crippen LogP contribution in [0.25, 0.3) is 10.4 Å². The number of unbranched alkanes of at least 4 members (excludes halogenated alkanes) is 1. The highest BCUT2D eigenvalue weighted by Crippen LogP contribution is 2.33. The van der Waals surface area contributed by atoms with Gasteiger partial charge in [0.1, 0.15) is 0 Å². The van der Waals surface area contributed by atoms with Crippen LogP contribution in [0.5, 0.6) is 0 Å². The number of amides is 3. The maximum Gasteiger partial charge on any atom is 0.315 e. The summed E-state index contributed by atoms with van der Waals surface area (Å²) in [6, 6.07) is 0.280. The van der Waals surface area contributed by atoms with Gasteiger partial charge in [-0.15, -0.1) is 0 Å². The summed E-state index contributed by atoms with van der Waals surface area (Å²) in [4.78, 5) is 39.6. The van der Waals surface area contributed by atoms with E-state index in [-0.39, 0.29) is 37.0 Å². The molecule has 270 valence electrons. The zero-order valence-corrected chi connectivity index (χ0v) is 28.0. The number of carboxylic acids is 1. The van der Waals surface area contributed by atoms with Crippen molar-refractivity contribution in [1.29, 1.82) is 0 Å². The molecule has 3 atom stereocenters. The van der Waals surface area contributed by atoms with Gasteiger partial charge in [-0.2, -0.15) is 11.8 Å². The lowest BCUT2D eigenvalue weighted by Gasteiger charge is -2.23. The average Bonchev–Trinajstić information content (AvgIpc) is 3.61. The van der Waals surface area contributed by atoms with E-state index in [1.54, 1.807) is 4.90 Å². The third-order valence-corrected chi connectivity index (χ3v) is 8.66. The SMILES string of the molecule is [N-]=[N+]=NCCOCCOCCOCCN(CCOCCOCCOCCOCCC(=O)O)C(=O)CCCC[C@H]1SC[C@H]2NC(=O)N[C@H]21. The molecule has 0 bridgehead atoms. The van der Waals surface area contributed by atoms with Gasteiger partial charge in [0.15, 0.2) is 0 Å². The highest BCUT2D eigenvalue weighted by atomic mass is 32.2. The van der Waals surface area contributed by atoms with Gasteiger partial charge >= 0.3 is 12.0 Å². The van der Waals surface area contributed by atoms with Crippen LogP contribution >= 0.6 is 11.8 Å². The van der Waals surface area contributed by atoms with Crippen LogP contribution in [0.1, 0.15) is 32.1 Å². The fourth-order valence-corrected chi connectivity index (χ4v) is 6.29. The summed E-state index contributed by atoms with van der Waals surface area (Å²) in [6.07, 6.45) is 3.05. The first kappa shape index (κ1) is 40.8. The van der Waals surface area contributed by atoms with Crippen LogP contribution in [0.15, 0.2) is 5.11 Å². The molecule has 0 unspecified atom stereocenters. The van der Waals surface area contributed by atoms with Gasteiger partial charge in [-0.1, -0.05) is 11.5 Å². The number of carboxylic acid groups (broad SMARTS) is 1. The highest BCUT2D eigenvalue weighted by molar-refractivity contribution is 8.00. The fraction of sp³-hybridized carbons (Fsp3) is 0.897. The molecule has 0 spiro atoms. The van der Waals surface area contributed by atoms with Gasteiger partial charge < -0.3 is 53.8 Å². The van der Waals surface area contributed by atoms with Crippen molar-refractivity contribution < 1.29 is 52.6 Å². The van der Waals surface area contributed by atoms with E-state index < -0.39 is 5.97 Å². The largest absolute Gasteiger partial charge is 0.481 e. The Balaban J connectivity index is 1.56. The van der Waals surface area contributed by atoms with Crippen LogP contribution in [-0.2, 0) is 42.7 Å². The molecule has 47 heavy (non-hydrogen) atoms. The van der Waals surface area contributed by atoms with Gasteiger partial charge in [-0.05, 0) is 18.4 Å². The summed E-state index contributed by atoms with van der Waals surface area (Å²) in [6.45, 7) is 6.32. The Morgan fingerprint density at radius 3 is 1.87 bits per heavy atom. The number of carbonyl (C=O) groups is 3. The number of ether oxygens (including phenoxy) is 7. The standard InChI is InChI=1S/C29H52N6O11S/c30-34-31-6-10-41-14-18-45-19-15-42-11-7-35(8-12-43-16-20-46-22-21-44-17-13-40-9-5-27(37)38)26(36)4-2-1-3-25-28-24(23-47-25)32-29(39)33-28/h24-25,28H,1-23H2,(H,37,38)(H2,32,33,39)/t24-,25-,28-/m1/s1. The molecule has 2 saturated heterocycles. The zero-order valence-electron chi connectivity index (χ0n) is 27.2. The summed E-state index contributed by atoms with van der Waals surface area (Å²) in [7, 11) is 0. The molecule has 0 saturated carbocycles. The van der Waals surface area contributed by atoms with Crippen molar-refractivity contribution in [3.8, 4) is 0 Å². The van der Waals surface area contributed by atoms with E-state index in [1.807, 2.05) is 11.8 Å². The molecule has 3 N–H and O–H groups in total. The first-order chi connectivity index (χ1) is 23.0. The summed E-state index contributed by atoms with van der Waals surface area (Å²) in [5.41, 5.74) is 8.23. The minimum atomic E-state index is -0.893.